The van der Waals surface area contributed by atoms with Gasteiger partial charge in [-0.1, -0.05) is 78.9 Å². The van der Waals surface area contributed by atoms with Gasteiger partial charge in [-0.3, -0.25) is 0 Å². The molecule has 0 saturated carbocycles. The van der Waals surface area contributed by atoms with E-state index in [9.17, 15) is 0 Å². The largest absolute Gasteiger partial charge is 0.387 e. The first-order valence-electron chi connectivity index (χ1n) is 10.8. The van der Waals surface area contributed by atoms with Crippen LogP contribution in [0.1, 0.15) is 22.6 Å². The second-order valence-electron chi connectivity index (χ2n) is 9.83. The Morgan fingerprint density at radius 3 is 1.58 bits per heavy atom. The van der Waals surface area contributed by atoms with Gasteiger partial charge in [-0.2, -0.15) is 0 Å². The molecule has 0 heterocycles. The topological polar surface area (TPSA) is 18.5 Å². The zero-order valence-electron chi connectivity index (χ0n) is 19.4. The molecule has 0 fully saturated rings. The van der Waals surface area contributed by atoms with E-state index in [1.165, 1.54) is 6.07 Å². The van der Waals surface area contributed by atoms with Gasteiger partial charge in [-0.25, -0.2) is 4.39 Å². The fourth-order valence-corrected chi connectivity index (χ4v) is 6.42. The van der Waals surface area contributed by atoms with E-state index < -0.39 is 28.3 Å². The molecule has 3 aromatic rings. The van der Waals surface area contributed by atoms with Gasteiger partial charge in [-0.15, -0.1) is 0 Å². The molecule has 0 bridgehead atoms. The second-order valence-corrected chi connectivity index (χ2v) is 18.7. The van der Waals surface area contributed by atoms with E-state index in [2.05, 4.69) is 39.3 Å². The van der Waals surface area contributed by atoms with Crippen molar-refractivity contribution < 1.29 is 13.2 Å². The predicted molar refractivity (Wildman–Crippen MR) is 132 cm³/mol. The van der Waals surface area contributed by atoms with Crippen LogP contribution in [0.25, 0.3) is 0 Å². The normalized spacial score (nSPS) is 13.8. The summed E-state index contributed by atoms with van der Waals surface area (Å²) in [6, 6.07) is 27.1. The van der Waals surface area contributed by atoms with E-state index in [-0.39, 0.29) is 5.82 Å². The Labute approximate surface area is 188 Å². The van der Waals surface area contributed by atoms with E-state index in [0.717, 1.165) is 11.1 Å². The van der Waals surface area contributed by atoms with Gasteiger partial charge in [0, 0.05) is 11.1 Å². The lowest BCUT2D eigenvalue weighted by atomic mass is 9.80. The number of rotatable bonds is 8. The molecule has 3 aromatic carbocycles. The molecule has 0 aliphatic rings. The van der Waals surface area contributed by atoms with Crippen LogP contribution >= 0.6 is 0 Å². The monoisotopic (exact) mass is 452 g/mol. The summed E-state index contributed by atoms with van der Waals surface area (Å²) in [5.41, 5.74) is 2.46. The van der Waals surface area contributed by atoms with Crippen molar-refractivity contribution in [2.24, 2.45) is 0 Å². The zero-order valence-corrected chi connectivity index (χ0v) is 21.4. The molecule has 164 valence electrons. The molecule has 5 heteroatoms. The standard InChI is InChI=1S/C26H33FO2Si2/c1-30(2,3)28-26(29-31(4,5)6,22-17-11-8-12-18-22)25(21-15-9-7-10-16-21)23-19-13-14-20-24(23)27/h7-20,25H,1-6H3. The summed E-state index contributed by atoms with van der Waals surface area (Å²) in [5.74, 6) is -1.86. The van der Waals surface area contributed by atoms with Crippen molar-refractivity contribution in [3.8, 4) is 0 Å². The van der Waals surface area contributed by atoms with Gasteiger partial charge in [0.15, 0.2) is 22.4 Å². The van der Waals surface area contributed by atoms with Gasteiger partial charge in [0.25, 0.3) is 0 Å². The van der Waals surface area contributed by atoms with Crippen LogP contribution in [0.2, 0.25) is 39.3 Å². The molecule has 0 aliphatic heterocycles. The van der Waals surface area contributed by atoms with Crippen molar-refractivity contribution in [1.29, 1.82) is 0 Å². The quantitative estimate of drug-likeness (QED) is 0.260. The molecular weight excluding hydrogens is 419 g/mol. The van der Waals surface area contributed by atoms with Crippen LogP contribution in [0, 0.1) is 5.82 Å². The number of halogens is 1. The summed E-state index contributed by atoms with van der Waals surface area (Å²) in [7, 11) is -4.29. The molecule has 0 radical (unpaired) electrons. The molecule has 1 atom stereocenters. The number of benzene rings is 3. The average Bonchev–Trinajstić information content (AvgIpc) is 2.68. The first kappa shape index (κ1) is 23.6. The molecule has 31 heavy (non-hydrogen) atoms. The van der Waals surface area contributed by atoms with Gasteiger partial charge < -0.3 is 8.85 Å². The maximum atomic E-state index is 15.3. The summed E-state index contributed by atoms with van der Waals surface area (Å²) in [4.78, 5) is 0. The van der Waals surface area contributed by atoms with Gasteiger partial charge in [0.1, 0.15) is 5.82 Å². The lowest BCUT2D eigenvalue weighted by molar-refractivity contribution is -0.148. The minimum atomic E-state index is -2.15. The molecule has 3 rings (SSSR count). The van der Waals surface area contributed by atoms with Crippen LogP contribution in [0.4, 0.5) is 4.39 Å². The molecule has 0 spiro atoms. The third-order valence-corrected chi connectivity index (χ3v) is 6.65. The minimum Gasteiger partial charge on any atom is -0.387 e. The van der Waals surface area contributed by atoms with E-state index in [0.29, 0.717) is 5.56 Å². The maximum Gasteiger partial charge on any atom is 0.188 e. The van der Waals surface area contributed by atoms with Gasteiger partial charge in [-0.05, 0) is 50.9 Å². The van der Waals surface area contributed by atoms with Crippen LogP contribution in [0.5, 0.6) is 0 Å². The number of hydrogen-bond donors (Lipinski definition) is 0. The highest BCUT2D eigenvalue weighted by Crippen LogP contribution is 2.49. The maximum absolute atomic E-state index is 15.3. The Balaban J connectivity index is 2.40. The Kier molecular flexibility index (Phi) is 7.01. The van der Waals surface area contributed by atoms with E-state index in [1.807, 2.05) is 72.8 Å². The smallest absolute Gasteiger partial charge is 0.188 e. The Morgan fingerprint density at radius 2 is 1.10 bits per heavy atom. The zero-order chi connectivity index (χ0) is 22.7. The molecule has 0 saturated heterocycles. The molecular formula is C26H33FO2Si2. The highest BCUT2D eigenvalue weighted by atomic mass is 28.4. The van der Waals surface area contributed by atoms with Crippen LogP contribution in [0.3, 0.4) is 0 Å². The van der Waals surface area contributed by atoms with Gasteiger partial charge in [0.2, 0.25) is 0 Å². The van der Waals surface area contributed by atoms with Crippen molar-refractivity contribution in [2.45, 2.75) is 51.0 Å². The molecule has 0 amide bonds. The summed E-state index contributed by atoms with van der Waals surface area (Å²) in [6.07, 6.45) is 0. The third-order valence-electron chi connectivity index (χ3n) is 4.82. The van der Waals surface area contributed by atoms with Gasteiger partial charge in [0.05, 0.1) is 5.92 Å². The van der Waals surface area contributed by atoms with Crippen molar-refractivity contribution in [3.05, 3.63) is 107 Å². The summed E-state index contributed by atoms with van der Waals surface area (Å²) < 4.78 is 29.3. The molecule has 1 unspecified atom stereocenters. The fraction of sp³-hybridized carbons (Fsp3) is 0.308. The Morgan fingerprint density at radius 1 is 0.645 bits per heavy atom. The van der Waals surface area contributed by atoms with E-state index in [1.54, 1.807) is 6.07 Å². The first-order chi connectivity index (χ1) is 14.5. The summed E-state index contributed by atoms with van der Waals surface area (Å²) in [6.45, 7) is 12.9. The highest BCUT2D eigenvalue weighted by Gasteiger charge is 2.50. The average molecular weight is 453 g/mol. The SMILES string of the molecule is C[Si](C)(C)OC(O[Si](C)(C)C)(c1ccccc1)C(c1ccccc1)c1ccccc1F. The lowest BCUT2D eigenvalue weighted by Crippen LogP contribution is -2.52. The van der Waals surface area contributed by atoms with Crippen molar-refractivity contribution >= 4 is 16.6 Å². The molecule has 2 nitrogen and oxygen atoms in total. The lowest BCUT2D eigenvalue weighted by Gasteiger charge is -2.48. The first-order valence-corrected chi connectivity index (χ1v) is 17.6. The molecule has 0 aliphatic carbocycles. The predicted octanol–water partition coefficient (Wildman–Crippen LogP) is 7.51. The minimum absolute atomic E-state index is 0.255. The van der Waals surface area contributed by atoms with Crippen LogP contribution in [0.15, 0.2) is 84.9 Å². The molecule has 0 N–H and O–H groups in total. The Hall–Kier alpha value is -2.06. The molecule has 0 aromatic heterocycles. The summed E-state index contributed by atoms with van der Waals surface area (Å²) in [5, 5.41) is 0. The van der Waals surface area contributed by atoms with Crippen LogP contribution in [-0.4, -0.2) is 16.6 Å². The van der Waals surface area contributed by atoms with Crippen molar-refractivity contribution in [1.82, 2.24) is 0 Å². The van der Waals surface area contributed by atoms with Crippen LogP contribution < -0.4 is 0 Å². The van der Waals surface area contributed by atoms with E-state index >= 15 is 4.39 Å². The second kappa shape index (κ2) is 9.21. The fourth-order valence-electron chi connectivity index (χ4n) is 3.96. The van der Waals surface area contributed by atoms with Crippen molar-refractivity contribution in [2.75, 3.05) is 0 Å². The van der Waals surface area contributed by atoms with E-state index in [4.69, 9.17) is 8.85 Å². The Bertz CT molecular complexity index is 964. The van der Waals surface area contributed by atoms with Crippen molar-refractivity contribution in [3.63, 3.8) is 0 Å². The summed E-state index contributed by atoms with van der Waals surface area (Å²) >= 11 is 0. The van der Waals surface area contributed by atoms with Crippen LogP contribution in [-0.2, 0) is 14.6 Å². The van der Waals surface area contributed by atoms with Gasteiger partial charge >= 0.3 is 0 Å². The third kappa shape index (κ3) is 5.80. The number of hydrogen-bond acceptors (Lipinski definition) is 2. The highest BCUT2D eigenvalue weighted by molar-refractivity contribution is 6.71.